The van der Waals surface area contributed by atoms with Crippen LogP contribution in [0.25, 0.3) is 12.2 Å². The Balaban J connectivity index is 0.000000180. The molecule has 2 aliphatic carbocycles. The zero-order chi connectivity index (χ0) is 21.5. The summed E-state index contributed by atoms with van der Waals surface area (Å²) in [4.78, 5) is 2.64. The van der Waals surface area contributed by atoms with E-state index in [1.807, 2.05) is 17.8 Å². The number of hydrogen-bond acceptors (Lipinski definition) is 1. The molecule has 0 fully saturated rings. The Hall–Kier alpha value is -1.93. The summed E-state index contributed by atoms with van der Waals surface area (Å²) < 4.78 is 1.17. The molecule has 6 bridgehead atoms. The Morgan fingerprint density at radius 3 is 2.27 bits per heavy atom. The van der Waals surface area contributed by atoms with Gasteiger partial charge in [0.15, 0.2) is 0 Å². The van der Waals surface area contributed by atoms with Gasteiger partial charge < -0.3 is 2.85 Å². The molecule has 4 aliphatic rings. The normalized spacial score (nSPS) is 17.8. The van der Waals surface area contributed by atoms with Crippen molar-refractivity contribution < 1.29 is 29.1 Å². The van der Waals surface area contributed by atoms with Gasteiger partial charge in [-0.3, -0.25) is 12.2 Å². The second kappa shape index (κ2) is 9.74. The first-order valence-electron chi connectivity index (χ1n) is 10.7. The van der Waals surface area contributed by atoms with E-state index >= 15 is 0 Å². The number of benzene rings is 4. The van der Waals surface area contributed by atoms with Gasteiger partial charge in [0.05, 0.1) is 0 Å². The van der Waals surface area contributed by atoms with Crippen LogP contribution >= 0.6 is 27.7 Å². The quantitative estimate of drug-likeness (QED) is 0.202. The maximum absolute atomic E-state index is 3.62. The van der Waals surface area contributed by atoms with Crippen LogP contribution in [0.15, 0.2) is 105 Å². The topological polar surface area (TPSA) is 0 Å². The minimum Gasteiger partial charge on any atom is -1.00 e. The molecule has 0 saturated heterocycles. The average Bonchev–Trinajstić information content (AvgIpc) is 3.46. The Labute approximate surface area is 230 Å². The molecule has 158 valence electrons. The first-order valence-corrected chi connectivity index (χ1v) is 12.3. The Bertz CT molecular complexity index is 1380. The molecule has 0 nitrogen and oxygen atoms in total. The van der Waals surface area contributed by atoms with Gasteiger partial charge in [0.25, 0.3) is 0 Å². The number of allylic oxidation sites excluding steroid dienone is 2. The third-order valence-electron chi connectivity index (χ3n) is 6.12. The van der Waals surface area contributed by atoms with Crippen molar-refractivity contribution in [1.29, 1.82) is 0 Å². The van der Waals surface area contributed by atoms with Crippen LogP contribution in [0.2, 0.25) is 0 Å². The molecule has 4 aromatic rings. The second-order valence-electron chi connectivity index (χ2n) is 8.11. The summed E-state index contributed by atoms with van der Waals surface area (Å²) in [7, 11) is 0. The van der Waals surface area contributed by atoms with Crippen LogP contribution in [0.5, 0.6) is 0 Å². The molecule has 0 amide bonds. The molecule has 2 heterocycles. The minimum absolute atomic E-state index is 0. The van der Waals surface area contributed by atoms with Crippen LogP contribution in [0.3, 0.4) is 0 Å². The number of hydrogen-bond donors (Lipinski definition) is 0. The molecule has 2 unspecified atom stereocenters. The van der Waals surface area contributed by atoms with Gasteiger partial charge in [0, 0.05) is 9.37 Å². The smallest absolute Gasteiger partial charge is 1.00 e. The van der Waals surface area contributed by atoms with E-state index in [0.29, 0.717) is 5.92 Å². The summed E-state index contributed by atoms with van der Waals surface area (Å²) >= 11 is 5.46. The Morgan fingerprint density at radius 2 is 1.39 bits per heavy atom. The second-order valence-corrected chi connectivity index (χ2v) is 10.1. The molecule has 2 atom stereocenters. The monoisotopic (exact) mass is 582 g/mol. The zero-order valence-electron chi connectivity index (χ0n) is 19.8. The number of fused-ring (bicyclic) bond motifs is 2. The average molecular weight is 585 g/mol. The molecule has 0 aromatic heterocycles. The first kappa shape index (κ1) is 22.8. The summed E-state index contributed by atoms with van der Waals surface area (Å²) in [5.41, 5.74) is 7.97. The maximum Gasteiger partial charge on any atom is 4.00 e. The van der Waals surface area contributed by atoms with E-state index < -0.39 is 0 Å². The van der Waals surface area contributed by atoms with Crippen LogP contribution in [-0.2, 0) is 26.2 Å². The number of rotatable bonds is 1. The summed E-state index contributed by atoms with van der Waals surface area (Å²) in [5, 5.41) is 0. The predicted molar refractivity (Wildman–Crippen MR) is 139 cm³/mol. The van der Waals surface area contributed by atoms with Gasteiger partial charge >= 0.3 is 26.2 Å². The minimum atomic E-state index is 0. The van der Waals surface area contributed by atoms with Crippen molar-refractivity contribution in [2.75, 3.05) is 0 Å². The van der Waals surface area contributed by atoms with Gasteiger partial charge in [-0.25, -0.2) is 12.2 Å². The molecule has 4 aromatic carbocycles. The van der Waals surface area contributed by atoms with Crippen molar-refractivity contribution in [2.45, 2.75) is 21.6 Å². The van der Waals surface area contributed by atoms with E-state index in [2.05, 4.69) is 125 Å². The van der Waals surface area contributed by atoms with Gasteiger partial charge in [-0.1, -0.05) is 117 Å². The molecule has 0 saturated carbocycles. The van der Waals surface area contributed by atoms with Gasteiger partial charge in [-0.05, 0) is 17.0 Å². The summed E-state index contributed by atoms with van der Waals surface area (Å²) in [6.45, 7) is 0. The van der Waals surface area contributed by atoms with E-state index in [4.69, 9.17) is 0 Å². The van der Waals surface area contributed by atoms with Crippen molar-refractivity contribution in [1.82, 2.24) is 0 Å². The third-order valence-corrected chi connectivity index (χ3v) is 7.79. The van der Waals surface area contributed by atoms with Crippen molar-refractivity contribution in [3.63, 3.8) is 0 Å². The molecule has 0 radical (unpaired) electrons. The fourth-order valence-electron chi connectivity index (χ4n) is 4.59. The predicted octanol–water partition coefficient (Wildman–Crippen LogP) is 8.75. The molecule has 2 aliphatic heterocycles. The van der Waals surface area contributed by atoms with Crippen molar-refractivity contribution in [3.05, 3.63) is 141 Å². The van der Waals surface area contributed by atoms with Crippen molar-refractivity contribution >= 4 is 39.8 Å². The standard InChI is InChI=1S/C15H10Br.C15H9S.Zr.2H/c16-14-8-4-7-12-9-10-13(15(12)14)11-5-2-1-3-6-11;1-2-10-8-12(3-1)16-13-5-7-15-11(9-13)4-6-14(10)15;;;/h1-9,13H;1-5,7-9,14H;;;/q2*-1;+4;2*-1. The number of halogens is 1. The maximum atomic E-state index is 3.62. The van der Waals surface area contributed by atoms with Crippen molar-refractivity contribution in [3.8, 4) is 0 Å². The first-order chi connectivity index (χ1) is 15.8. The molecular formula is C30H21BrSZr. The zero-order valence-corrected chi connectivity index (χ0v) is 22.6. The van der Waals surface area contributed by atoms with Crippen LogP contribution < -0.4 is 0 Å². The van der Waals surface area contributed by atoms with Crippen molar-refractivity contribution in [2.24, 2.45) is 0 Å². The van der Waals surface area contributed by atoms with Crippen LogP contribution in [0, 0.1) is 12.2 Å². The van der Waals surface area contributed by atoms with Gasteiger partial charge in [-0.15, -0.1) is 23.3 Å². The fourth-order valence-corrected chi connectivity index (χ4v) is 6.13. The van der Waals surface area contributed by atoms with Crippen LogP contribution in [-0.4, -0.2) is 0 Å². The van der Waals surface area contributed by atoms with E-state index in [0.717, 1.165) is 0 Å². The van der Waals surface area contributed by atoms with Gasteiger partial charge in [-0.2, -0.15) is 11.1 Å². The summed E-state index contributed by atoms with van der Waals surface area (Å²) in [6.07, 6.45) is 11.1. The van der Waals surface area contributed by atoms with E-state index in [1.165, 1.54) is 47.6 Å². The molecular weight excluding hydrogens is 564 g/mol. The molecule has 0 N–H and O–H groups in total. The van der Waals surface area contributed by atoms with Crippen LogP contribution in [0.4, 0.5) is 0 Å². The fraction of sp³-hybridized carbons (Fsp3) is 0.0667. The third kappa shape index (κ3) is 4.44. The van der Waals surface area contributed by atoms with Crippen LogP contribution in [0.1, 0.15) is 48.1 Å². The van der Waals surface area contributed by atoms with E-state index in [1.54, 1.807) is 0 Å². The van der Waals surface area contributed by atoms with E-state index in [-0.39, 0.29) is 35.0 Å². The van der Waals surface area contributed by atoms with Gasteiger partial charge in [0.1, 0.15) is 0 Å². The Kier molecular flexibility index (Phi) is 6.75. The van der Waals surface area contributed by atoms with Gasteiger partial charge in [0.2, 0.25) is 0 Å². The molecule has 3 heteroatoms. The Morgan fingerprint density at radius 1 is 0.667 bits per heavy atom. The largest absolute Gasteiger partial charge is 4.00 e. The SMILES string of the molecule is Brc1cccc2c1C(c1ccccc1)[C-]=C2.[C-]1=Cc2cc3ccc2C1c1cccc(c1)S3.[H-].[H-].[Zr+4]. The molecule has 33 heavy (non-hydrogen) atoms. The molecule has 8 rings (SSSR count). The summed E-state index contributed by atoms with van der Waals surface area (Å²) in [6, 6.07) is 32.3. The molecule has 0 spiro atoms. The van der Waals surface area contributed by atoms with E-state index in [9.17, 15) is 0 Å². The summed E-state index contributed by atoms with van der Waals surface area (Å²) in [5.74, 6) is 0.606.